The number of anilines is 1. The first-order chi connectivity index (χ1) is 9.95. The van der Waals surface area contributed by atoms with E-state index in [-0.39, 0.29) is 21.8 Å². The van der Waals surface area contributed by atoms with Crippen molar-refractivity contribution in [3.05, 3.63) is 53.1 Å². The van der Waals surface area contributed by atoms with Crippen molar-refractivity contribution in [1.82, 2.24) is 0 Å². The predicted molar refractivity (Wildman–Crippen MR) is 82.5 cm³/mol. The van der Waals surface area contributed by atoms with E-state index in [0.29, 0.717) is 12.1 Å². The summed E-state index contributed by atoms with van der Waals surface area (Å²) in [5, 5.41) is 0.242. The molecule has 2 aromatic carbocycles. The Morgan fingerprint density at radius 3 is 2.71 bits per heavy atom. The molecule has 2 N–H and O–H groups in total. The molecule has 1 heterocycles. The highest BCUT2D eigenvalue weighted by molar-refractivity contribution is 7.91. The van der Waals surface area contributed by atoms with E-state index in [0.717, 1.165) is 11.3 Å². The fraction of sp³-hybridized carbons (Fsp3) is 0.200. The summed E-state index contributed by atoms with van der Waals surface area (Å²) in [6, 6.07) is 11.9. The van der Waals surface area contributed by atoms with Gasteiger partial charge in [0.25, 0.3) is 0 Å². The van der Waals surface area contributed by atoms with Gasteiger partial charge in [0.05, 0.1) is 21.4 Å². The van der Waals surface area contributed by atoms with Crippen LogP contribution < -0.4 is 10.5 Å². The number of nitrogens with two attached hydrogens (primary N) is 1. The Kier molecular flexibility index (Phi) is 3.55. The van der Waals surface area contributed by atoms with E-state index in [4.69, 9.17) is 22.1 Å². The van der Waals surface area contributed by atoms with Gasteiger partial charge >= 0.3 is 0 Å². The van der Waals surface area contributed by atoms with E-state index in [1.165, 1.54) is 18.2 Å². The van der Waals surface area contributed by atoms with Crippen LogP contribution in [0.15, 0.2) is 47.4 Å². The SMILES string of the molecule is Nc1ccc(S(=O)(=O)CC2Cc3ccccc3O2)cc1Cl. The lowest BCUT2D eigenvalue weighted by Crippen LogP contribution is -2.25. The Hall–Kier alpha value is -1.72. The van der Waals surface area contributed by atoms with Gasteiger partial charge in [-0.05, 0) is 29.8 Å². The van der Waals surface area contributed by atoms with Crippen molar-refractivity contribution < 1.29 is 13.2 Å². The Labute approximate surface area is 128 Å². The summed E-state index contributed by atoms with van der Waals surface area (Å²) in [6.07, 6.45) is 0.224. The number of hydrogen-bond donors (Lipinski definition) is 1. The molecule has 21 heavy (non-hydrogen) atoms. The number of ether oxygens (including phenoxy) is 1. The highest BCUT2D eigenvalue weighted by Crippen LogP contribution is 2.30. The number of hydrogen-bond acceptors (Lipinski definition) is 4. The van der Waals surface area contributed by atoms with Crippen molar-refractivity contribution in [1.29, 1.82) is 0 Å². The second kappa shape index (κ2) is 5.24. The highest BCUT2D eigenvalue weighted by Gasteiger charge is 2.28. The number of para-hydroxylation sites is 1. The molecule has 3 rings (SSSR count). The number of halogens is 1. The van der Waals surface area contributed by atoms with Crippen molar-refractivity contribution in [3.63, 3.8) is 0 Å². The Morgan fingerprint density at radius 1 is 1.24 bits per heavy atom. The van der Waals surface area contributed by atoms with E-state index in [9.17, 15) is 8.42 Å². The number of nitrogen functional groups attached to an aromatic ring is 1. The van der Waals surface area contributed by atoms with E-state index in [2.05, 4.69) is 0 Å². The average Bonchev–Trinajstić information content (AvgIpc) is 2.82. The zero-order valence-corrected chi connectivity index (χ0v) is 12.7. The maximum atomic E-state index is 12.4. The molecule has 6 heteroatoms. The van der Waals surface area contributed by atoms with Gasteiger partial charge in [-0.3, -0.25) is 0 Å². The molecule has 1 aliphatic heterocycles. The third kappa shape index (κ3) is 2.84. The van der Waals surface area contributed by atoms with Gasteiger partial charge in [-0.2, -0.15) is 0 Å². The molecule has 1 atom stereocenters. The van der Waals surface area contributed by atoms with Gasteiger partial charge in [-0.25, -0.2) is 8.42 Å². The third-order valence-corrected chi connectivity index (χ3v) is 5.56. The minimum Gasteiger partial charge on any atom is -0.489 e. The van der Waals surface area contributed by atoms with Crippen LogP contribution in [0.3, 0.4) is 0 Å². The molecule has 1 unspecified atom stereocenters. The summed E-state index contributed by atoms with van der Waals surface area (Å²) in [7, 11) is -3.47. The fourth-order valence-electron chi connectivity index (χ4n) is 2.39. The minimum absolute atomic E-state index is 0.0814. The molecule has 0 fully saturated rings. The maximum Gasteiger partial charge on any atom is 0.182 e. The zero-order valence-electron chi connectivity index (χ0n) is 11.1. The van der Waals surface area contributed by atoms with Gasteiger partial charge in [-0.1, -0.05) is 29.8 Å². The van der Waals surface area contributed by atoms with Crippen molar-refractivity contribution in [3.8, 4) is 5.75 Å². The molecule has 110 valence electrons. The van der Waals surface area contributed by atoms with E-state index in [1.807, 2.05) is 24.3 Å². The molecular formula is C15H14ClNO3S. The predicted octanol–water partition coefficient (Wildman–Crippen LogP) is 2.70. The van der Waals surface area contributed by atoms with E-state index < -0.39 is 9.84 Å². The number of benzene rings is 2. The molecule has 2 aromatic rings. The van der Waals surface area contributed by atoms with Gasteiger partial charge < -0.3 is 10.5 Å². The second-order valence-corrected chi connectivity index (χ2v) is 7.46. The van der Waals surface area contributed by atoms with Gasteiger partial charge in [0.15, 0.2) is 9.84 Å². The Balaban J connectivity index is 1.80. The van der Waals surface area contributed by atoms with Crippen molar-refractivity contribution in [2.75, 3.05) is 11.5 Å². The quantitative estimate of drug-likeness (QED) is 0.882. The topological polar surface area (TPSA) is 69.4 Å². The summed E-state index contributed by atoms with van der Waals surface area (Å²) >= 11 is 5.89. The van der Waals surface area contributed by atoms with Crippen LogP contribution in [0.1, 0.15) is 5.56 Å². The number of rotatable bonds is 3. The molecular weight excluding hydrogens is 310 g/mol. The van der Waals surface area contributed by atoms with Crippen LogP contribution in [0.25, 0.3) is 0 Å². The van der Waals surface area contributed by atoms with Crippen LogP contribution in [-0.2, 0) is 16.3 Å². The van der Waals surface area contributed by atoms with Crippen molar-refractivity contribution >= 4 is 27.1 Å². The molecule has 0 radical (unpaired) electrons. The molecule has 1 aliphatic rings. The fourth-order valence-corrected chi connectivity index (χ4v) is 4.07. The number of sulfone groups is 1. The zero-order chi connectivity index (χ0) is 15.0. The Morgan fingerprint density at radius 2 is 2.00 bits per heavy atom. The van der Waals surface area contributed by atoms with E-state index >= 15 is 0 Å². The molecule has 0 saturated heterocycles. The molecule has 0 amide bonds. The van der Waals surface area contributed by atoms with Crippen LogP contribution in [0, 0.1) is 0 Å². The smallest absolute Gasteiger partial charge is 0.182 e. The molecule has 4 nitrogen and oxygen atoms in total. The summed E-state index contributed by atoms with van der Waals surface area (Å²) in [5.41, 5.74) is 7.00. The second-order valence-electron chi connectivity index (χ2n) is 5.02. The van der Waals surface area contributed by atoms with Gasteiger partial charge in [-0.15, -0.1) is 0 Å². The maximum absolute atomic E-state index is 12.4. The summed E-state index contributed by atoms with van der Waals surface area (Å²) in [5.74, 6) is 0.676. The van der Waals surface area contributed by atoms with Crippen molar-refractivity contribution in [2.45, 2.75) is 17.4 Å². The lowest BCUT2D eigenvalue weighted by atomic mass is 10.1. The molecule has 0 aliphatic carbocycles. The minimum atomic E-state index is -3.47. The lowest BCUT2D eigenvalue weighted by Gasteiger charge is -2.12. The molecule has 0 bridgehead atoms. The van der Waals surface area contributed by atoms with Crippen LogP contribution in [0.2, 0.25) is 5.02 Å². The first-order valence-corrected chi connectivity index (χ1v) is 8.51. The van der Waals surface area contributed by atoms with Gasteiger partial charge in [0.1, 0.15) is 11.9 Å². The van der Waals surface area contributed by atoms with Crippen LogP contribution in [0.5, 0.6) is 5.75 Å². The lowest BCUT2D eigenvalue weighted by molar-refractivity contribution is 0.256. The van der Waals surface area contributed by atoms with Crippen molar-refractivity contribution in [2.24, 2.45) is 0 Å². The monoisotopic (exact) mass is 323 g/mol. The Bertz CT molecular complexity index is 764. The first kappa shape index (κ1) is 14.2. The summed E-state index contributed by atoms with van der Waals surface area (Å²) in [6.45, 7) is 0. The molecule has 0 spiro atoms. The average molecular weight is 324 g/mol. The molecule has 0 aromatic heterocycles. The third-order valence-electron chi connectivity index (χ3n) is 3.45. The normalized spacial score (nSPS) is 17.3. The van der Waals surface area contributed by atoms with E-state index in [1.54, 1.807) is 0 Å². The summed E-state index contributed by atoms with van der Waals surface area (Å²) in [4.78, 5) is 0.168. The van der Waals surface area contributed by atoms with Gasteiger partial charge in [0.2, 0.25) is 0 Å². The standard InChI is InChI=1S/C15H14ClNO3S/c16-13-8-12(5-6-14(13)17)21(18,19)9-11-7-10-3-1-2-4-15(10)20-11/h1-6,8,11H,7,9,17H2. The first-order valence-electron chi connectivity index (χ1n) is 6.48. The van der Waals surface area contributed by atoms with Gasteiger partial charge in [0, 0.05) is 6.42 Å². The van der Waals surface area contributed by atoms with Crippen LogP contribution in [0.4, 0.5) is 5.69 Å². The van der Waals surface area contributed by atoms with Crippen LogP contribution in [-0.4, -0.2) is 20.3 Å². The number of fused-ring (bicyclic) bond motifs is 1. The van der Waals surface area contributed by atoms with Crippen LogP contribution >= 0.6 is 11.6 Å². The molecule has 0 saturated carbocycles. The summed E-state index contributed by atoms with van der Waals surface area (Å²) < 4.78 is 30.5. The largest absolute Gasteiger partial charge is 0.489 e. The highest BCUT2D eigenvalue weighted by atomic mass is 35.5.